The lowest BCUT2D eigenvalue weighted by atomic mass is 9.80. The van der Waals surface area contributed by atoms with E-state index in [0.717, 1.165) is 11.8 Å². The molecule has 1 aliphatic carbocycles. The molecule has 0 bridgehead atoms. The number of alkyl halides is 1. The lowest BCUT2D eigenvalue weighted by Crippen LogP contribution is -2.16. The molecule has 2 rings (SSSR count). The molecule has 1 aromatic rings. The van der Waals surface area contributed by atoms with Crippen LogP contribution in [0, 0.1) is 11.8 Å². The standard InChI is InChI=1S/C12H15Br3S/c1-7-2-4-8(5-3-7)11(14)9-6-10(13)16-12(9)15/h6-8,11H,2-5H2,1H3. The van der Waals surface area contributed by atoms with Gasteiger partial charge in [-0.05, 0) is 68.2 Å². The Morgan fingerprint density at radius 3 is 2.38 bits per heavy atom. The SMILES string of the molecule is CC1CCC(C(Br)c2cc(Br)sc2Br)CC1. The maximum atomic E-state index is 3.89. The third-order valence-corrected chi connectivity index (χ3v) is 7.08. The molecule has 1 fully saturated rings. The molecule has 0 N–H and O–H groups in total. The van der Waals surface area contributed by atoms with Crippen molar-refractivity contribution in [2.24, 2.45) is 11.8 Å². The Hall–Kier alpha value is 1.14. The lowest BCUT2D eigenvalue weighted by Gasteiger charge is -2.29. The number of halogens is 3. The van der Waals surface area contributed by atoms with Crippen molar-refractivity contribution in [1.82, 2.24) is 0 Å². The van der Waals surface area contributed by atoms with Crippen LogP contribution in [0.4, 0.5) is 0 Å². The van der Waals surface area contributed by atoms with Crippen LogP contribution in [0.2, 0.25) is 0 Å². The van der Waals surface area contributed by atoms with Gasteiger partial charge in [0.1, 0.15) is 0 Å². The van der Waals surface area contributed by atoms with Gasteiger partial charge in [0, 0.05) is 4.83 Å². The summed E-state index contributed by atoms with van der Waals surface area (Å²) >= 11 is 12.9. The number of hydrogen-bond donors (Lipinski definition) is 0. The Kier molecular flexibility index (Phi) is 4.96. The molecule has 0 aliphatic heterocycles. The molecule has 1 heterocycles. The molecule has 0 saturated heterocycles. The highest BCUT2D eigenvalue weighted by molar-refractivity contribution is 9.12. The van der Waals surface area contributed by atoms with E-state index in [2.05, 4.69) is 60.8 Å². The zero-order valence-electron chi connectivity index (χ0n) is 9.18. The second-order valence-electron chi connectivity index (χ2n) is 4.70. The van der Waals surface area contributed by atoms with Crippen molar-refractivity contribution >= 4 is 59.1 Å². The van der Waals surface area contributed by atoms with Crippen molar-refractivity contribution in [3.8, 4) is 0 Å². The monoisotopic (exact) mass is 428 g/mol. The minimum atomic E-state index is 0.511. The van der Waals surface area contributed by atoms with Gasteiger partial charge in [-0.1, -0.05) is 35.7 Å². The molecule has 0 nitrogen and oxygen atoms in total. The van der Waals surface area contributed by atoms with Crippen molar-refractivity contribution < 1.29 is 0 Å². The summed E-state index contributed by atoms with van der Waals surface area (Å²) in [5.41, 5.74) is 1.41. The molecule has 1 saturated carbocycles. The van der Waals surface area contributed by atoms with E-state index >= 15 is 0 Å². The summed E-state index contributed by atoms with van der Waals surface area (Å²) in [7, 11) is 0. The summed E-state index contributed by atoms with van der Waals surface area (Å²) in [6.45, 7) is 2.37. The van der Waals surface area contributed by atoms with Crippen molar-refractivity contribution in [2.45, 2.75) is 37.4 Å². The highest BCUT2D eigenvalue weighted by Gasteiger charge is 2.27. The Balaban J connectivity index is 2.07. The van der Waals surface area contributed by atoms with E-state index in [-0.39, 0.29) is 0 Å². The Morgan fingerprint density at radius 1 is 1.25 bits per heavy atom. The van der Waals surface area contributed by atoms with Crippen LogP contribution in [0.3, 0.4) is 0 Å². The summed E-state index contributed by atoms with van der Waals surface area (Å²) in [6.07, 6.45) is 5.49. The molecule has 16 heavy (non-hydrogen) atoms. The van der Waals surface area contributed by atoms with Crippen molar-refractivity contribution in [1.29, 1.82) is 0 Å². The Morgan fingerprint density at radius 2 is 1.88 bits per heavy atom. The van der Waals surface area contributed by atoms with Crippen LogP contribution in [0.1, 0.15) is 43.0 Å². The van der Waals surface area contributed by atoms with E-state index in [1.54, 1.807) is 11.3 Å². The maximum absolute atomic E-state index is 3.89. The van der Waals surface area contributed by atoms with Crippen LogP contribution in [-0.2, 0) is 0 Å². The summed E-state index contributed by atoms with van der Waals surface area (Å²) in [5.74, 6) is 1.72. The molecule has 0 radical (unpaired) electrons. The van der Waals surface area contributed by atoms with Gasteiger partial charge in [0.25, 0.3) is 0 Å². The van der Waals surface area contributed by atoms with Crippen LogP contribution in [0.15, 0.2) is 13.6 Å². The highest BCUT2D eigenvalue weighted by Crippen LogP contribution is 2.46. The zero-order chi connectivity index (χ0) is 11.7. The predicted octanol–water partition coefficient (Wildman–Crippen LogP) is 6.54. The van der Waals surface area contributed by atoms with E-state index in [9.17, 15) is 0 Å². The molecule has 1 unspecified atom stereocenters. The quantitative estimate of drug-likeness (QED) is 0.467. The lowest BCUT2D eigenvalue weighted by molar-refractivity contribution is 0.287. The molecular formula is C12H15Br3S. The first-order valence-electron chi connectivity index (χ1n) is 5.66. The number of thiophene rings is 1. The summed E-state index contributed by atoms with van der Waals surface area (Å²) in [4.78, 5) is 0.511. The Labute approximate surface area is 127 Å². The zero-order valence-corrected chi connectivity index (χ0v) is 14.8. The largest absolute Gasteiger partial charge is 0.121 e. The molecule has 0 spiro atoms. The second-order valence-corrected chi connectivity index (χ2v) is 9.44. The maximum Gasteiger partial charge on any atom is 0.0753 e. The van der Waals surface area contributed by atoms with E-state index in [0.29, 0.717) is 4.83 Å². The van der Waals surface area contributed by atoms with Crippen molar-refractivity contribution in [2.75, 3.05) is 0 Å². The molecule has 90 valence electrons. The van der Waals surface area contributed by atoms with Crippen LogP contribution < -0.4 is 0 Å². The normalized spacial score (nSPS) is 28.0. The fraction of sp³-hybridized carbons (Fsp3) is 0.667. The van der Waals surface area contributed by atoms with Crippen LogP contribution in [0.25, 0.3) is 0 Å². The fourth-order valence-corrected chi connectivity index (χ4v) is 6.65. The minimum absolute atomic E-state index is 0.511. The van der Waals surface area contributed by atoms with E-state index in [1.807, 2.05) is 0 Å². The average Bonchev–Trinajstić information content (AvgIpc) is 2.58. The van der Waals surface area contributed by atoms with Crippen LogP contribution >= 0.6 is 59.1 Å². The van der Waals surface area contributed by atoms with Gasteiger partial charge in [0.15, 0.2) is 0 Å². The molecule has 0 aromatic carbocycles. The minimum Gasteiger partial charge on any atom is -0.121 e. The molecule has 1 aliphatic rings. The smallest absolute Gasteiger partial charge is 0.0753 e. The van der Waals surface area contributed by atoms with Gasteiger partial charge < -0.3 is 0 Å². The van der Waals surface area contributed by atoms with E-state index in [1.165, 1.54) is 38.8 Å². The predicted molar refractivity (Wildman–Crippen MR) is 82.5 cm³/mol. The third kappa shape index (κ3) is 3.12. The van der Waals surface area contributed by atoms with Crippen LogP contribution in [0.5, 0.6) is 0 Å². The number of hydrogen-bond acceptors (Lipinski definition) is 1. The molecular weight excluding hydrogens is 416 g/mol. The molecule has 1 aromatic heterocycles. The fourth-order valence-electron chi connectivity index (χ4n) is 2.37. The Bertz CT molecular complexity index is 353. The van der Waals surface area contributed by atoms with Gasteiger partial charge >= 0.3 is 0 Å². The average molecular weight is 431 g/mol. The van der Waals surface area contributed by atoms with Crippen LogP contribution in [-0.4, -0.2) is 0 Å². The molecule has 0 amide bonds. The van der Waals surface area contributed by atoms with Gasteiger partial charge in [-0.2, -0.15) is 0 Å². The summed E-state index contributed by atoms with van der Waals surface area (Å²) < 4.78 is 2.47. The van der Waals surface area contributed by atoms with Crippen molar-refractivity contribution in [3.05, 3.63) is 19.2 Å². The van der Waals surface area contributed by atoms with Gasteiger partial charge in [-0.15, -0.1) is 11.3 Å². The second kappa shape index (κ2) is 5.85. The molecule has 4 heteroatoms. The first kappa shape index (κ1) is 13.6. The summed E-state index contributed by atoms with van der Waals surface area (Å²) in [6, 6.07) is 2.24. The third-order valence-electron chi connectivity index (χ3n) is 3.45. The highest BCUT2D eigenvalue weighted by atomic mass is 79.9. The summed E-state index contributed by atoms with van der Waals surface area (Å²) in [5, 5.41) is 0. The number of rotatable bonds is 2. The van der Waals surface area contributed by atoms with Crippen molar-refractivity contribution in [3.63, 3.8) is 0 Å². The topological polar surface area (TPSA) is 0 Å². The first-order valence-corrected chi connectivity index (χ1v) is 8.98. The van der Waals surface area contributed by atoms with Gasteiger partial charge in [0.2, 0.25) is 0 Å². The molecule has 1 atom stereocenters. The van der Waals surface area contributed by atoms with Gasteiger partial charge in [0.05, 0.1) is 7.57 Å². The van der Waals surface area contributed by atoms with Gasteiger partial charge in [-0.3, -0.25) is 0 Å². The van der Waals surface area contributed by atoms with Gasteiger partial charge in [-0.25, -0.2) is 0 Å². The first-order chi connectivity index (χ1) is 7.58. The van der Waals surface area contributed by atoms with E-state index in [4.69, 9.17) is 0 Å². The van der Waals surface area contributed by atoms with E-state index < -0.39 is 0 Å².